The molecule has 0 aliphatic heterocycles. The Kier molecular flexibility index (Phi) is 4.75. The van der Waals surface area contributed by atoms with Gasteiger partial charge in [-0.3, -0.25) is 4.99 Å². The molecule has 5 heteroatoms. The highest BCUT2D eigenvalue weighted by atomic mass is 79.9. The minimum absolute atomic E-state index is 0.142. The van der Waals surface area contributed by atoms with Gasteiger partial charge in [-0.25, -0.2) is 4.79 Å². The minimum atomic E-state index is -0.406. The molecule has 0 fully saturated rings. The molecule has 0 saturated carbocycles. The molecule has 0 aliphatic rings. The molecule has 0 heterocycles. The Morgan fingerprint density at radius 1 is 1.29 bits per heavy atom. The average molecular weight is 348 g/mol. The third kappa shape index (κ3) is 3.70. The van der Waals surface area contributed by atoms with Crippen LogP contribution in [0.3, 0.4) is 0 Å². The van der Waals surface area contributed by atoms with E-state index in [4.69, 9.17) is 4.74 Å². The number of methoxy groups -OCH3 is 1. The fourth-order valence-corrected chi connectivity index (χ4v) is 2.14. The van der Waals surface area contributed by atoms with E-state index in [0.717, 1.165) is 10.0 Å². The van der Waals surface area contributed by atoms with Crippen LogP contribution in [0.4, 0.5) is 5.69 Å². The Labute approximate surface area is 131 Å². The van der Waals surface area contributed by atoms with Crippen molar-refractivity contribution in [3.8, 4) is 5.75 Å². The Balaban J connectivity index is 2.36. The number of hydrogen-bond donors (Lipinski definition) is 1. The maximum atomic E-state index is 11.5. The van der Waals surface area contributed by atoms with Crippen molar-refractivity contribution in [2.75, 3.05) is 7.11 Å². The lowest BCUT2D eigenvalue weighted by Gasteiger charge is -2.04. The van der Waals surface area contributed by atoms with Crippen molar-refractivity contribution in [3.63, 3.8) is 0 Å². The van der Waals surface area contributed by atoms with Gasteiger partial charge in [0.15, 0.2) is 0 Å². The van der Waals surface area contributed by atoms with E-state index in [9.17, 15) is 9.90 Å². The van der Waals surface area contributed by atoms with Gasteiger partial charge >= 0.3 is 5.97 Å². The summed E-state index contributed by atoms with van der Waals surface area (Å²) in [7, 11) is 1.34. The molecule has 108 valence electrons. The Bertz CT molecular complexity index is 711. The average Bonchev–Trinajstić information content (AvgIpc) is 2.48. The van der Waals surface area contributed by atoms with Crippen LogP contribution in [0, 0.1) is 6.92 Å². The van der Waals surface area contributed by atoms with E-state index in [2.05, 4.69) is 20.9 Å². The first-order valence-electron chi connectivity index (χ1n) is 6.23. The smallest absolute Gasteiger partial charge is 0.337 e. The summed E-state index contributed by atoms with van der Waals surface area (Å²) in [5, 5.41) is 9.78. The first-order valence-corrected chi connectivity index (χ1v) is 7.02. The number of aliphatic imine (C=N–C) groups is 1. The van der Waals surface area contributed by atoms with Crippen LogP contribution in [0.2, 0.25) is 0 Å². The van der Waals surface area contributed by atoms with Crippen molar-refractivity contribution >= 4 is 33.8 Å². The van der Waals surface area contributed by atoms with E-state index < -0.39 is 5.97 Å². The van der Waals surface area contributed by atoms with Crippen molar-refractivity contribution in [3.05, 3.63) is 57.6 Å². The summed E-state index contributed by atoms with van der Waals surface area (Å²) in [6.07, 6.45) is 1.56. The first-order chi connectivity index (χ1) is 10.0. The predicted octanol–water partition coefficient (Wildman–Crippen LogP) is 4.00. The molecule has 0 spiro atoms. The number of ether oxygens (including phenoxy) is 1. The van der Waals surface area contributed by atoms with E-state index in [0.29, 0.717) is 16.8 Å². The van der Waals surface area contributed by atoms with Crippen LogP contribution in [-0.2, 0) is 4.74 Å². The van der Waals surface area contributed by atoms with Gasteiger partial charge in [0.05, 0.1) is 18.4 Å². The highest BCUT2D eigenvalue weighted by molar-refractivity contribution is 9.10. The van der Waals surface area contributed by atoms with Gasteiger partial charge < -0.3 is 9.84 Å². The molecule has 2 rings (SSSR count). The van der Waals surface area contributed by atoms with E-state index in [1.807, 2.05) is 6.92 Å². The van der Waals surface area contributed by atoms with Crippen LogP contribution >= 0.6 is 15.9 Å². The Morgan fingerprint density at radius 2 is 2.05 bits per heavy atom. The maximum absolute atomic E-state index is 11.5. The second-order valence-electron chi connectivity index (χ2n) is 4.45. The summed E-state index contributed by atoms with van der Waals surface area (Å²) < 4.78 is 5.54. The van der Waals surface area contributed by atoms with Crippen LogP contribution in [0.15, 0.2) is 45.9 Å². The molecular weight excluding hydrogens is 334 g/mol. The Morgan fingerprint density at radius 3 is 2.76 bits per heavy atom. The molecule has 0 aliphatic carbocycles. The number of nitrogens with zero attached hydrogens (tertiary/aromatic N) is 1. The summed E-state index contributed by atoms with van der Waals surface area (Å²) in [5.41, 5.74) is 2.60. The minimum Gasteiger partial charge on any atom is -0.507 e. The van der Waals surface area contributed by atoms with E-state index >= 15 is 0 Å². The molecular formula is C16H14BrNO3. The van der Waals surface area contributed by atoms with Gasteiger partial charge in [-0.2, -0.15) is 0 Å². The van der Waals surface area contributed by atoms with Crippen LogP contribution in [0.5, 0.6) is 5.75 Å². The molecule has 0 radical (unpaired) electrons. The number of phenols is 1. The van der Waals surface area contributed by atoms with Crippen molar-refractivity contribution < 1.29 is 14.6 Å². The van der Waals surface area contributed by atoms with Crippen LogP contribution in [0.1, 0.15) is 21.5 Å². The molecule has 0 saturated heterocycles. The summed E-state index contributed by atoms with van der Waals surface area (Å²) in [6, 6.07) is 10.3. The number of rotatable bonds is 3. The van der Waals surface area contributed by atoms with Gasteiger partial charge in [0.1, 0.15) is 5.75 Å². The zero-order valence-electron chi connectivity index (χ0n) is 11.6. The van der Waals surface area contributed by atoms with Crippen molar-refractivity contribution in [2.24, 2.45) is 4.99 Å². The van der Waals surface area contributed by atoms with Gasteiger partial charge in [-0.1, -0.05) is 22.0 Å². The topological polar surface area (TPSA) is 58.9 Å². The monoisotopic (exact) mass is 347 g/mol. The number of phenolic OH excluding ortho intramolecular Hbond substituents is 1. The lowest BCUT2D eigenvalue weighted by atomic mass is 10.1. The van der Waals surface area contributed by atoms with Crippen molar-refractivity contribution in [1.82, 2.24) is 0 Å². The summed E-state index contributed by atoms with van der Waals surface area (Å²) in [5.74, 6) is -0.263. The highest BCUT2D eigenvalue weighted by Gasteiger charge is 2.07. The number of benzene rings is 2. The molecule has 21 heavy (non-hydrogen) atoms. The fraction of sp³-hybridized carbons (Fsp3) is 0.125. The van der Waals surface area contributed by atoms with Gasteiger partial charge in [-0.05, 0) is 42.8 Å². The normalized spacial score (nSPS) is 10.8. The second kappa shape index (κ2) is 6.54. The molecule has 2 aromatic rings. The standard InChI is InChI=1S/C16H14BrNO3/c1-10-3-4-11(16(20)21-2)8-14(10)18-9-12-7-13(17)5-6-15(12)19/h3-9,19H,1-2H3. The number of halogens is 1. The molecule has 4 nitrogen and oxygen atoms in total. The number of hydrogen-bond acceptors (Lipinski definition) is 4. The fourth-order valence-electron chi connectivity index (χ4n) is 1.76. The molecule has 0 bridgehead atoms. The number of carbonyl (C=O) groups is 1. The number of carbonyl (C=O) groups excluding carboxylic acids is 1. The maximum Gasteiger partial charge on any atom is 0.337 e. The third-order valence-electron chi connectivity index (χ3n) is 2.96. The quantitative estimate of drug-likeness (QED) is 0.674. The number of aryl methyl sites for hydroxylation is 1. The molecule has 0 amide bonds. The summed E-state index contributed by atoms with van der Waals surface area (Å²) in [6.45, 7) is 1.90. The highest BCUT2D eigenvalue weighted by Crippen LogP contribution is 2.23. The second-order valence-corrected chi connectivity index (χ2v) is 5.37. The molecule has 0 atom stereocenters. The Hall–Kier alpha value is -2.14. The van der Waals surface area contributed by atoms with E-state index in [-0.39, 0.29) is 5.75 Å². The first kappa shape index (κ1) is 15.3. The largest absolute Gasteiger partial charge is 0.507 e. The van der Waals surface area contributed by atoms with E-state index in [1.54, 1.807) is 42.6 Å². The van der Waals surface area contributed by atoms with Crippen molar-refractivity contribution in [1.29, 1.82) is 0 Å². The molecule has 2 aromatic carbocycles. The molecule has 0 unspecified atom stereocenters. The lowest BCUT2D eigenvalue weighted by molar-refractivity contribution is 0.0601. The molecule has 1 N–H and O–H groups in total. The van der Waals surface area contributed by atoms with Crippen LogP contribution in [-0.4, -0.2) is 24.4 Å². The predicted molar refractivity (Wildman–Crippen MR) is 85.6 cm³/mol. The van der Waals surface area contributed by atoms with Gasteiger partial charge in [0, 0.05) is 16.3 Å². The number of aromatic hydroxyl groups is 1. The zero-order chi connectivity index (χ0) is 15.4. The van der Waals surface area contributed by atoms with Crippen LogP contribution in [0.25, 0.3) is 0 Å². The van der Waals surface area contributed by atoms with Crippen LogP contribution < -0.4 is 0 Å². The van der Waals surface area contributed by atoms with Gasteiger partial charge in [-0.15, -0.1) is 0 Å². The van der Waals surface area contributed by atoms with Gasteiger partial charge in [0.2, 0.25) is 0 Å². The third-order valence-corrected chi connectivity index (χ3v) is 3.46. The van der Waals surface area contributed by atoms with Crippen molar-refractivity contribution in [2.45, 2.75) is 6.92 Å². The van der Waals surface area contributed by atoms with Gasteiger partial charge in [0.25, 0.3) is 0 Å². The summed E-state index contributed by atoms with van der Waals surface area (Å²) in [4.78, 5) is 15.9. The lowest BCUT2D eigenvalue weighted by Crippen LogP contribution is -2.00. The van der Waals surface area contributed by atoms with E-state index in [1.165, 1.54) is 7.11 Å². The molecule has 0 aromatic heterocycles. The SMILES string of the molecule is COC(=O)c1ccc(C)c(N=Cc2cc(Br)ccc2O)c1. The number of esters is 1. The zero-order valence-corrected chi connectivity index (χ0v) is 13.2. The summed E-state index contributed by atoms with van der Waals surface area (Å²) >= 11 is 3.34.